The number of guanidine groups is 1. The van der Waals surface area contributed by atoms with E-state index in [0.29, 0.717) is 6.54 Å². The van der Waals surface area contributed by atoms with Crippen LogP contribution in [0.5, 0.6) is 0 Å². The van der Waals surface area contributed by atoms with Gasteiger partial charge in [-0.1, -0.05) is 13.8 Å². The van der Waals surface area contributed by atoms with Crippen LogP contribution in [0.1, 0.15) is 32.4 Å². The number of H-pyrrole nitrogens is 1. The second-order valence-corrected chi connectivity index (χ2v) is 4.47. The zero-order valence-electron chi connectivity index (χ0n) is 11.0. The Bertz CT molecular complexity index is 316. The van der Waals surface area contributed by atoms with Gasteiger partial charge < -0.3 is 10.6 Å². The number of hydrogen-bond donors (Lipinski definition) is 3. The van der Waals surface area contributed by atoms with Gasteiger partial charge in [0.2, 0.25) is 0 Å². The third-order valence-electron chi connectivity index (χ3n) is 2.48. The molecule has 0 bridgehead atoms. The van der Waals surface area contributed by atoms with Gasteiger partial charge in [0, 0.05) is 19.8 Å². The summed E-state index contributed by atoms with van der Waals surface area (Å²) in [6, 6.07) is 1.94. The van der Waals surface area contributed by atoms with E-state index in [-0.39, 0.29) is 0 Å². The molecule has 1 heterocycles. The molecule has 17 heavy (non-hydrogen) atoms. The molecule has 3 N–H and O–H groups in total. The average molecular weight is 237 g/mol. The van der Waals surface area contributed by atoms with E-state index < -0.39 is 0 Å². The second kappa shape index (κ2) is 7.70. The van der Waals surface area contributed by atoms with Crippen LogP contribution >= 0.6 is 0 Å². The number of nitrogens with zero attached hydrogens (tertiary/aromatic N) is 2. The summed E-state index contributed by atoms with van der Waals surface area (Å²) in [7, 11) is 1.78. The third-order valence-corrected chi connectivity index (χ3v) is 2.48. The molecule has 0 amide bonds. The van der Waals surface area contributed by atoms with Crippen molar-refractivity contribution in [3.05, 3.63) is 18.0 Å². The molecular weight excluding hydrogens is 214 g/mol. The summed E-state index contributed by atoms with van der Waals surface area (Å²) >= 11 is 0. The average Bonchev–Trinajstić information content (AvgIpc) is 2.81. The maximum atomic E-state index is 4.16. The summed E-state index contributed by atoms with van der Waals surface area (Å²) in [5.41, 5.74) is 1.05. The van der Waals surface area contributed by atoms with E-state index in [9.17, 15) is 0 Å². The molecule has 0 saturated carbocycles. The molecule has 1 aromatic rings. The first kappa shape index (κ1) is 13.5. The van der Waals surface area contributed by atoms with Crippen LogP contribution in [-0.4, -0.2) is 29.7 Å². The summed E-state index contributed by atoms with van der Waals surface area (Å²) in [6.45, 7) is 6.15. The van der Waals surface area contributed by atoms with Gasteiger partial charge in [-0.05, 0) is 24.8 Å². The normalized spacial score (nSPS) is 11.9. The van der Waals surface area contributed by atoms with Crippen LogP contribution in [0, 0.1) is 5.92 Å². The standard InChI is InChI=1S/C12H23N5/c1-10(2)5-4-7-14-12(13-3)15-9-11-6-8-16-17-11/h6,8,10H,4-5,7,9H2,1-3H3,(H,16,17)(H2,13,14,15). The Morgan fingerprint density at radius 2 is 2.29 bits per heavy atom. The van der Waals surface area contributed by atoms with Gasteiger partial charge in [-0.15, -0.1) is 0 Å². The van der Waals surface area contributed by atoms with Crippen molar-refractivity contribution >= 4 is 5.96 Å². The van der Waals surface area contributed by atoms with Gasteiger partial charge in [-0.25, -0.2) is 0 Å². The number of aliphatic imine (C=N–C) groups is 1. The second-order valence-electron chi connectivity index (χ2n) is 4.47. The van der Waals surface area contributed by atoms with Crippen LogP contribution in [0.25, 0.3) is 0 Å². The summed E-state index contributed by atoms with van der Waals surface area (Å²) < 4.78 is 0. The van der Waals surface area contributed by atoms with Crippen molar-refractivity contribution in [2.24, 2.45) is 10.9 Å². The molecule has 0 unspecified atom stereocenters. The molecule has 0 atom stereocenters. The fourth-order valence-electron chi connectivity index (χ4n) is 1.50. The largest absolute Gasteiger partial charge is 0.356 e. The Morgan fingerprint density at radius 3 is 2.88 bits per heavy atom. The van der Waals surface area contributed by atoms with E-state index in [0.717, 1.165) is 24.1 Å². The van der Waals surface area contributed by atoms with Gasteiger partial charge in [0.05, 0.1) is 12.2 Å². The maximum Gasteiger partial charge on any atom is 0.191 e. The molecule has 96 valence electrons. The highest BCUT2D eigenvalue weighted by molar-refractivity contribution is 5.79. The number of nitrogens with one attached hydrogen (secondary N) is 3. The van der Waals surface area contributed by atoms with E-state index >= 15 is 0 Å². The number of aromatic nitrogens is 2. The smallest absolute Gasteiger partial charge is 0.191 e. The lowest BCUT2D eigenvalue weighted by Crippen LogP contribution is -2.37. The van der Waals surface area contributed by atoms with Gasteiger partial charge in [0.1, 0.15) is 0 Å². The first-order valence-corrected chi connectivity index (χ1v) is 6.15. The van der Waals surface area contributed by atoms with Crippen molar-refractivity contribution in [1.82, 2.24) is 20.8 Å². The van der Waals surface area contributed by atoms with Crippen molar-refractivity contribution in [3.8, 4) is 0 Å². The van der Waals surface area contributed by atoms with Gasteiger partial charge in [0.25, 0.3) is 0 Å². The number of aromatic amines is 1. The fourth-order valence-corrected chi connectivity index (χ4v) is 1.50. The van der Waals surface area contributed by atoms with Crippen LogP contribution in [0.15, 0.2) is 17.3 Å². The topological polar surface area (TPSA) is 65.1 Å². The first-order valence-electron chi connectivity index (χ1n) is 6.15. The molecule has 5 heteroatoms. The molecule has 0 aliphatic carbocycles. The van der Waals surface area contributed by atoms with Gasteiger partial charge in [-0.3, -0.25) is 10.1 Å². The van der Waals surface area contributed by atoms with Crippen LogP contribution in [0.3, 0.4) is 0 Å². The fraction of sp³-hybridized carbons (Fsp3) is 0.667. The first-order chi connectivity index (χ1) is 8.22. The third kappa shape index (κ3) is 5.94. The van der Waals surface area contributed by atoms with E-state index in [1.807, 2.05) is 6.07 Å². The molecule has 5 nitrogen and oxygen atoms in total. The van der Waals surface area contributed by atoms with Crippen LogP contribution in [0.2, 0.25) is 0 Å². The highest BCUT2D eigenvalue weighted by atomic mass is 15.2. The predicted octanol–water partition coefficient (Wildman–Crippen LogP) is 1.51. The summed E-state index contributed by atoms with van der Waals surface area (Å²) in [6.07, 6.45) is 4.16. The maximum absolute atomic E-state index is 4.16. The molecule has 0 radical (unpaired) electrons. The van der Waals surface area contributed by atoms with Crippen LogP contribution < -0.4 is 10.6 Å². The van der Waals surface area contributed by atoms with Crippen LogP contribution in [-0.2, 0) is 6.54 Å². The Morgan fingerprint density at radius 1 is 1.47 bits per heavy atom. The minimum absolute atomic E-state index is 0.712. The molecule has 0 aliphatic heterocycles. The van der Waals surface area contributed by atoms with E-state index in [1.165, 1.54) is 12.8 Å². The summed E-state index contributed by atoms with van der Waals surface area (Å²) in [5.74, 6) is 1.60. The predicted molar refractivity (Wildman–Crippen MR) is 70.9 cm³/mol. The molecule has 0 fully saturated rings. The van der Waals surface area contributed by atoms with Crippen molar-refractivity contribution in [2.45, 2.75) is 33.2 Å². The molecule has 0 spiro atoms. The lowest BCUT2D eigenvalue weighted by molar-refractivity contribution is 0.549. The molecule has 1 rings (SSSR count). The molecule has 1 aromatic heterocycles. The monoisotopic (exact) mass is 237 g/mol. The van der Waals surface area contributed by atoms with E-state index in [1.54, 1.807) is 13.2 Å². The SMILES string of the molecule is CN=C(NCCCC(C)C)NCc1ccn[nH]1. The van der Waals surface area contributed by atoms with Gasteiger partial charge in [-0.2, -0.15) is 5.10 Å². The van der Waals surface area contributed by atoms with Crippen molar-refractivity contribution in [3.63, 3.8) is 0 Å². The summed E-state index contributed by atoms with van der Waals surface area (Å²) in [4.78, 5) is 4.16. The quantitative estimate of drug-likeness (QED) is 0.399. The lowest BCUT2D eigenvalue weighted by atomic mass is 10.1. The number of hydrogen-bond acceptors (Lipinski definition) is 2. The Hall–Kier alpha value is -1.52. The number of rotatable bonds is 6. The Labute approximate surface area is 103 Å². The van der Waals surface area contributed by atoms with Crippen molar-refractivity contribution in [1.29, 1.82) is 0 Å². The molecule has 0 aliphatic rings. The van der Waals surface area contributed by atoms with E-state index in [2.05, 4.69) is 39.7 Å². The molecule has 0 saturated heterocycles. The highest BCUT2D eigenvalue weighted by Gasteiger charge is 1.99. The highest BCUT2D eigenvalue weighted by Crippen LogP contribution is 2.01. The minimum atomic E-state index is 0.712. The zero-order chi connectivity index (χ0) is 12.5. The van der Waals surface area contributed by atoms with Crippen molar-refractivity contribution in [2.75, 3.05) is 13.6 Å². The van der Waals surface area contributed by atoms with Crippen molar-refractivity contribution < 1.29 is 0 Å². The van der Waals surface area contributed by atoms with E-state index in [4.69, 9.17) is 0 Å². The van der Waals surface area contributed by atoms with Crippen LogP contribution in [0.4, 0.5) is 0 Å². The summed E-state index contributed by atoms with van der Waals surface area (Å²) in [5, 5.41) is 13.3. The zero-order valence-corrected chi connectivity index (χ0v) is 11.0. The Balaban J connectivity index is 2.16. The Kier molecular flexibility index (Phi) is 6.14. The lowest BCUT2D eigenvalue weighted by Gasteiger charge is -2.11. The van der Waals surface area contributed by atoms with Gasteiger partial charge >= 0.3 is 0 Å². The van der Waals surface area contributed by atoms with Gasteiger partial charge in [0.15, 0.2) is 5.96 Å². The minimum Gasteiger partial charge on any atom is -0.356 e. The molecular formula is C12H23N5. The molecule has 0 aromatic carbocycles.